The zero-order chi connectivity index (χ0) is 6.69. The van der Waals surface area contributed by atoms with E-state index in [0.29, 0.717) is 0 Å². The molecule has 2 nitrogen and oxygen atoms in total. The Balaban J connectivity index is 0.000000810. The molecule has 10 heavy (non-hydrogen) atoms. The first-order chi connectivity index (χ1) is 4.36. The Morgan fingerprint density at radius 1 is 1.60 bits per heavy atom. The van der Waals surface area contributed by atoms with Gasteiger partial charge in [-0.05, 0) is 18.2 Å². The molecule has 0 fully saturated rings. The molecule has 0 atom stereocenters. The molecule has 0 spiro atoms. The van der Waals surface area contributed by atoms with Crippen LogP contribution in [0.5, 0.6) is 0 Å². The highest BCUT2D eigenvalue weighted by Gasteiger charge is 1.92. The van der Waals surface area contributed by atoms with Crippen molar-refractivity contribution in [2.24, 2.45) is 0 Å². The molecular weight excluding hydrogens is 128 g/mol. The fourth-order valence-corrected chi connectivity index (χ4v) is 0.694. The number of hydrogen-bond donors (Lipinski definition) is 0. The van der Waals surface area contributed by atoms with Crippen molar-refractivity contribution in [1.29, 1.82) is 0 Å². The minimum Gasteiger partial charge on any atom is -0.462 e. The summed E-state index contributed by atoms with van der Waals surface area (Å²) in [6.07, 6.45) is 2.66. The molecule has 0 aliphatic carbocycles. The van der Waals surface area contributed by atoms with Gasteiger partial charge in [-0.25, -0.2) is 0 Å². The maximum atomic E-state index is 5.26. The van der Waals surface area contributed by atoms with Gasteiger partial charge in [0.15, 0.2) is 0 Å². The maximum Gasteiger partial charge on any atom is 0.126 e. The number of rotatable bonds is 2. The van der Waals surface area contributed by atoms with Gasteiger partial charge in [0, 0.05) is 6.42 Å². The van der Waals surface area contributed by atoms with E-state index in [1.807, 2.05) is 12.1 Å². The molecule has 2 heteroatoms. The molecule has 1 rings (SSSR count). The molecule has 0 unspecified atom stereocenters. The quantitative estimate of drug-likeness (QED) is 0.616. The predicted octanol–water partition coefficient (Wildman–Crippen LogP) is 1.66. The molecule has 1 aromatic heterocycles. The lowest BCUT2D eigenvalue weighted by Gasteiger charge is -1.84. The van der Waals surface area contributed by atoms with Crippen LogP contribution in [-0.2, 0) is 6.42 Å². The van der Waals surface area contributed by atoms with Crippen LogP contribution in [-0.4, -0.2) is 5.48 Å². The first-order valence-electron chi connectivity index (χ1n) is 3.08. The molecule has 0 aromatic carbocycles. The van der Waals surface area contributed by atoms with Gasteiger partial charge in [0.2, 0.25) is 0 Å². The number of aryl methyl sites for hydroxylation is 1. The van der Waals surface area contributed by atoms with E-state index in [-0.39, 0.29) is 5.48 Å². The van der Waals surface area contributed by atoms with E-state index in [9.17, 15) is 0 Å². The first-order valence-corrected chi connectivity index (χ1v) is 3.08. The SMILES string of the molecule is C=Cc1ccc(CC)o1.O. The fraction of sp³-hybridized carbons (Fsp3) is 0.250. The minimum absolute atomic E-state index is 0. The van der Waals surface area contributed by atoms with E-state index < -0.39 is 0 Å². The van der Waals surface area contributed by atoms with Crippen LogP contribution in [0.3, 0.4) is 0 Å². The third-order valence-corrected chi connectivity index (χ3v) is 1.23. The van der Waals surface area contributed by atoms with Crippen molar-refractivity contribution in [3.8, 4) is 0 Å². The molecule has 1 aromatic rings. The van der Waals surface area contributed by atoms with Gasteiger partial charge in [-0.2, -0.15) is 0 Å². The lowest BCUT2D eigenvalue weighted by Crippen LogP contribution is -1.68. The Labute approximate surface area is 60.5 Å². The summed E-state index contributed by atoms with van der Waals surface area (Å²) >= 11 is 0. The summed E-state index contributed by atoms with van der Waals surface area (Å²) in [5.41, 5.74) is 0. The van der Waals surface area contributed by atoms with E-state index in [1.165, 1.54) is 0 Å². The second-order valence-electron chi connectivity index (χ2n) is 1.86. The fourth-order valence-electron chi connectivity index (χ4n) is 0.694. The van der Waals surface area contributed by atoms with Crippen molar-refractivity contribution >= 4 is 6.08 Å². The van der Waals surface area contributed by atoms with Crippen LogP contribution >= 0.6 is 0 Å². The summed E-state index contributed by atoms with van der Waals surface area (Å²) in [5, 5.41) is 0. The average Bonchev–Trinajstić information content (AvgIpc) is 2.34. The lowest BCUT2D eigenvalue weighted by molar-refractivity contribution is 0.508. The van der Waals surface area contributed by atoms with Crippen LogP contribution in [0, 0.1) is 0 Å². The zero-order valence-corrected chi connectivity index (χ0v) is 6.05. The van der Waals surface area contributed by atoms with Gasteiger partial charge in [0.25, 0.3) is 0 Å². The molecule has 0 radical (unpaired) electrons. The van der Waals surface area contributed by atoms with Gasteiger partial charge < -0.3 is 9.89 Å². The Morgan fingerprint density at radius 3 is 2.60 bits per heavy atom. The lowest BCUT2D eigenvalue weighted by atomic mass is 10.3. The minimum atomic E-state index is 0. The number of furan rings is 1. The van der Waals surface area contributed by atoms with Crippen molar-refractivity contribution in [1.82, 2.24) is 0 Å². The Kier molecular flexibility index (Phi) is 3.51. The summed E-state index contributed by atoms with van der Waals surface area (Å²) in [6.45, 7) is 5.65. The summed E-state index contributed by atoms with van der Waals surface area (Å²) in [5.74, 6) is 1.87. The normalized spacial score (nSPS) is 8.50. The molecule has 0 amide bonds. The molecule has 2 N–H and O–H groups in total. The predicted molar refractivity (Wildman–Crippen MR) is 41.8 cm³/mol. The Bertz CT molecular complexity index is 201. The molecule has 0 aliphatic rings. The van der Waals surface area contributed by atoms with Crippen LogP contribution in [0.4, 0.5) is 0 Å². The van der Waals surface area contributed by atoms with Crippen LogP contribution < -0.4 is 0 Å². The van der Waals surface area contributed by atoms with E-state index >= 15 is 0 Å². The van der Waals surface area contributed by atoms with E-state index in [1.54, 1.807) is 6.08 Å². The highest BCUT2D eigenvalue weighted by Crippen LogP contribution is 2.08. The van der Waals surface area contributed by atoms with Crippen molar-refractivity contribution in [3.63, 3.8) is 0 Å². The molecule has 0 aliphatic heterocycles. The van der Waals surface area contributed by atoms with E-state index in [0.717, 1.165) is 17.9 Å². The second-order valence-corrected chi connectivity index (χ2v) is 1.86. The van der Waals surface area contributed by atoms with Gasteiger partial charge in [0.1, 0.15) is 11.5 Å². The van der Waals surface area contributed by atoms with Crippen LogP contribution in [0.1, 0.15) is 18.4 Å². The van der Waals surface area contributed by atoms with Crippen molar-refractivity contribution < 1.29 is 9.89 Å². The standard InChI is InChI=1S/C8H10O.H2O/c1-3-7-5-6-8(4-2)9-7;/h3,5-6H,1,4H2,2H3;1H2. The molecule has 0 bridgehead atoms. The van der Waals surface area contributed by atoms with Gasteiger partial charge in [0.05, 0.1) is 0 Å². The third-order valence-electron chi connectivity index (χ3n) is 1.23. The average molecular weight is 140 g/mol. The van der Waals surface area contributed by atoms with Crippen molar-refractivity contribution in [2.45, 2.75) is 13.3 Å². The molecule has 1 heterocycles. The van der Waals surface area contributed by atoms with Gasteiger partial charge in [-0.1, -0.05) is 13.5 Å². The zero-order valence-electron chi connectivity index (χ0n) is 6.05. The van der Waals surface area contributed by atoms with Crippen LogP contribution in [0.25, 0.3) is 6.08 Å². The maximum absolute atomic E-state index is 5.26. The largest absolute Gasteiger partial charge is 0.462 e. The van der Waals surface area contributed by atoms with E-state index in [4.69, 9.17) is 4.42 Å². The smallest absolute Gasteiger partial charge is 0.126 e. The first kappa shape index (κ1) is 8.98. The number of hydrogen-bond acceptors (Lipinski definition) is 1. The van der Waals surface area contributed by atoms with E-state index in [2.05, 4.69) is 13.5 Å². The highest BCUT2D eigenvalue weighted by atomic mass is 16.3. The summed E-state index contributed by atoms with van der Waals surface area (Å²) in [6, 6.07) is 3.89. The molecule has 0 saturated heterocycles. The monoisotopic (exact) mass is 140 g/mol. The van der Waals surface area contributed by atoms with Gasteiger partial charge >= 0.3 is 0 Å². The Hall–Kier alpha value is -1.02. The summed E-state index contributed by atoms with van der Waals surface area (Å²) < 4.78 is 5.26. The van der Waals surface area contributed by atoms with Crippen molar-refractivity contribution in [3.05, 3.63) is 30.2 Å². The van der Waals surface area contributed by atoms with Gasteiger partial charge in [-0.15, -0.1) is 0 Å². The van der Waals surface area contributed by atoms with Gasteiger partial charge in [-0.3, -0.25) is 0 Å². The second kappa shape index (κ2) is 3.90. The topological polar surface area (TPSA) is 44.6 Å². The highest BCUT2D eigenvalue weighted by molar-refractivity contribution is 5.39. The van der Waals surface area contributed by atoms with Crippen LogP contribution in [0.15, 0.2) is 23.1 Å². The molecular formula is C8H12O2. The summed E-state index contributed by atoms with van der Waals surface area (Å²) in [7, 11) is 0. The van der Waals surface area contributed by atoms with Crippen LogP contribution in [0.2, 0.25) is 0 Å². The molecule has 0 saturated carbocycles. The third kappa shape index (κ3) is 1.74. The summed E-state index contributed by atoms with van der Waals surface area (Å²) in [4.78, 5) is 0. The van der Waals surface area contributed by atoms with Crippen molar-refractivity contribution in [2.75, 3.05) is 0 Å². The molecule has 56 valence electrons. The Morgan fingerprint density at radius 2 is 2.30 bits per heavy atom.